The first-order valence-electron chi connectivity index (χ1n) is 8.30. The third-order valence-corrected chi connectivity index (χ3v) is 3.74. The summed E-state index contributed by atoms with van der Waals surface area (Å²) in [6.45, 7) is 8.31. The fourth-order valence-electron chi connectivity index (χ4n) is 2.25. The van der Waals surface area contributed by atoms with Crippen LogP contribution >= 0.6 is 0 Å². The lowest BCUT2D eigenvalue weighted by atomic mass is 10.1. The van der Waals surface area contributed by atoms with Crippen molar-refractivity contribution in [3.05, 3.63) is 41.7 Å². The smallest absolute Gasteiger partial charge is 0.165 e. The second-order valence-corrected chi connectivity index (χ2v) is 6.87. The number of aliphatic hydroxyl groups is 1. The Bertz CT molecular complexity index is 647. The van der Waals surface area contributed by atoms with Crippen molar-refractivity contribution in [1.29, 1.82) is 0 Å². The normalized spacial score (nSPS) is 13.1. The Hall–Kier alpha value is -1.95. The molecular weight excluding hydrogens is 309 g/mol. The standard InChI is InChI=1S/C18H26FN3O2/c1-5-13(2)10-16-20-17(22(21-16)12-18(3,4)23)11-24-15-8-6-14(19)7-9-15/h6-9,13,23H,5,10-12H2,1-4H3. The van der Waals surface area contributed by atoms with Crippen molar-refractivity contribution in [1.82, 2.24) is 14.8 Å². The first kappa shape index (κ1) is 18.4. The molecule has 1 atom stereocenters. The van der Waals surface area contributed by atoms with E-state index in [4.69, 9.17) is 4.74 Å². The lowest BCUT2D eigenvalue weighted by Gasteiger charge is -2.18. The van der Waals surface area contributed by atoms with Gasteiger partial charge in [0.2, 0.25) is 0 Å². The van der Waals surface area contributed by atoms with Gasteiger partial charge in [0.25, 0.3) is 0 Å². The fraction of sp³-hybridized carbons (Fsp3) is 0.556. The summed E-state index contributed by atoms with van der Waals surface area (Å²) < 4.78 is 20.3. The first-order valence-corrected chi connectivity index (χ1v) is 8.30. The van der Waals surface area contributed by atoms with Crippen molar-refractivity contribution in [2.24, 2.45) is 5.92 Å². The lowest BCUT2D eigenvalue weighted by molar-refractivity contribution is 0.0554. The minimum atomic E-state index is -0.897. The zero-order valence-electron chi connectivity index (χ0n) is 14.8. The highest BCUT2D eigenvalue weighted by atomic mass is 19.1. The topological polar surface area (TPSA) is 60.2 Å². The molecule has 132 valence electrons. The Morgan fingerprint density at radius 1 is 1.29 bits per heavy atom. The Balaban J connectivity index is 2.13. The molecular formula is C18H26FN3O2. The summed E-state index contributed by atoms with van der Waals surface area (Å²) in [6, 6.07) is 5.86. The predicted octanol–water partition coefficient (Wildman–Crippen LogP) is 3.36. The number of halogens is 1. The average Bonchev–Trinajstić information content (AvgIpc) is 2.86. The van der Waals surface area contributed by atoms with E-state index in [2.05, 4.69) is 23.9 Å². The molecule has 2 rings (SSSR count). The molecule has 0 aliphatic carbocycles. The van der Waals surface area contributed by atoms with Crippen LogP contribution in [0.4, 0.5) is 4.39 Å². The van der Waals surface area contributed by atoms with Gasteiger partial charge < -0.3 is 9.84 Å². The molecule has 1 aromatic carbocycles. The molecule has 1 heterocycles. The summed E-state index contributed by atoms with van der Waals surface area (Å²) in [7, 11) is 0. The number of hydrogen-bond donors (Lipinski definition) is 1. The minimum absolute atomic E-state index is 0.217. The summed E-state index contributed by atoms with van der Waals surface area (Å²) in [5.74, 6) is 2.17. The van der Waals surface area contributed by atoms with Crippen LogP contribution in [0.1, 0.15) is 45.8 Å². The summed E-state index contributed by atoms with van der Waals surface area (Å²) >= 11 is 0. The molecule has 0 saturated carbocycles. The maximum absolute atomic E-state index is 12.9. The van der Waals surface area contributed by atoms with E-state index in [0.29, 0.717) is 24.0 Å². The Morgan fingerprint density at radius 2 is 1.96 bits per heavy atom. The molecule has 6 heteroatoms. The highest BCUT2D eigenvalue weighted by Gasteiger charge is 2.19. The second kappa shape index (κ2) is 7.75. The van der Waals surface area contributed by atoms with Gasteiger partial charge >= 0.3 is 0 Å². The number of hydrogen-bond acceptors (Lipinski definition) is 4. The summed E-state index contributed by atoms with van der Waals surface area (Å²) in [6.07, 6.45) is 1.85. The van der Waals surface area contributed by atoms with E-state index in [1.165, 1.54) is 12.1 Å². The molecule has 2 aromatic rings. The van der Waals surface area contributed by atoms with Gasteiger partial charge in [0, 0.05) is 6.42 Å². The highest BCUT2D eigenvalue weighted by molar-refractivity contribution is 5.22. The van der Waals surface area contributed by atoms with Crippen molar-refractivity contribution in [2.75, 3.05) is 0 Å². The molecule has 0 spiro atoms. The number of benzene rings is 1. The van der Waals surface area contributed by atoms with E-state index >= 15 is 0 Å². The fourth-order valence-corrected chi connectivity index (χ4v) is 2.25. The molecule has 0 amide bonds. The van der Waals surface area contributed by atoms with Crippen LogP contribution < -0.4 is 4.74 Å². The Kier molecular flexibility index (Phi) is 5.94. The average molecular weight is 335 g/mol. The van der Waals surface area contributed by atoms with Crippen LogP contribution in [-0.4, -0.2) is 25.5 Å². The van der Waals surface area contributed by atoms with Gasteiger partial charge in [-0.25, -0.2) is 14.1 Å². The van der Waals surface area contributed by atoms with Crippen molar-refractivity contribution in [3.8, 4) is 5.75 Å². The maximum Gasteiger partial charge on any atom is 0.165 e. The van der Waals surface area contributed by atoms with Crippen LogP contribution in [0.2, 0.25) is 0 Å². The van der Waals surface area contributed by atoms with Gasteiger partial charge in [-0.1, -0.05) is 20.3 Å². The van der Waals surface area contributed by atoms with E-state index in [1.807, 2.05) is 0 Å². The van der Waals surface area contributed by atoms with E-state index in [0.717, 1.165) is 18.7 Å². The van der Waals surface area contributed by atoms with Crippen LogP contribution in [0.3, 0.4) is 0 Å². The van der Waals surface area contributed by atoms with Gasteiger partial charge in [0.05, 0.1) is 12.1 Å². The van der Waals surface area contributed by atoms with E-state index < -0.39 is 5.60 Å². The zero-order valence-corrected chi connectivity index (χ0v) is 14.8. The van der Waals surface area contributed by atoms with E-state index in [1.54, 1.807) is 30.7 Å². The lowest BCUT2D eigenvalue weighted by Crippen LogP contribution is -2.28. The molecule has 1 N–H and O–H groups in total. The summed E-state index contributed by atoms with van der Waals surface area (Å²) in [5.41, 5.74) is -0.897. The molecule has 0 radical (unpaired) electrons. The number of aromatic nitrogens is 3. The van der Waals surface area contributed by atoms with Gasteiger partial charge in [-0.15, -0.1) is 0 Å². The molecule has 5 nitrogen and oxygen atoms in total. The van der Waals surface area contributed by atoms with Gasteiger partial charge in [0.15, 0.2) is 11.6 Å². The molecule has 0 fully saturated rings. The van der Waals surface area contributed by atoms with Crippen LogP contribution in [-0.2, 0) is 19.6 Å². The van der Waals surface area contributed by atoms with Crippen LogP contribution in [0.25, 0.3) is 0 Å². The Morgan fingerprint density at radius 3 is 2.54 bits per heavy atom. The van der Waals surface area contributed by atoms with Gasteiger partial charge in [0.1, 0.15) is 18.2 Å². The second-order valence-electron chi connectivity index (χ2n) is 6.87. The van der Waals surface area contributed by atoms with Crippen molar-refractivity contribution in [2.45, 2.75) is 59.3 Å². The van der Waals surface area contributed by atoms with Gasteiger partial charge in [-0.3, -0.25) is 0 Å². The third kappa shape index (κ3) is 5.60. The first-order chi connectivity index (χ1) is 11.3. The molecule has 24 heavy (non-hydrogen) atoms. The minimum Gasteiger partial charge on any atom is -0.486 e. The number of ether oxygens (including phenoxy) is 1. The molecule has 1 aromatic heterocycles. The SMILES string of the molecule is CCC(C)Cc1nc(COc2ccc(F)cc2)n(CC(C)(C)O)n1. The molecule has 0 aliphatic rings. The van der Waals surface area contributed by atoms with Gasteiger partial charge in [-0.2, -0.15) is 5.10 Å². The van der Waals surface area contributed by atoms with Crippen molar-refractivity contribution < 1.29 is 14.2 Å². The van der Waals surface area contributed by atoms with Crippen LogP contribution in [0.5, 0.6) is 5.75 Å². The number of rotatable bonds is 8. The van der Waals surface area contributed by atoms with Crippen molar-refractivity contribution >= 4 is 0 Å². The summed E-state index contributed by atoms with van der Waals surface area (Å²) in [4.78, 5) is 4.56. The molecule has 0 aliphatic heterocycles. The number of nitrogens with zero attached hydrogens (tertiary/aromatic N) is 3. The van der Waals surface area contributed by atoms with E-state index in [9.17, 15) is 9.50 Å². The van der Waals surface area contributed by atoms with E-state index in [-0.39, 0.29) is 12.4 Å². The van der Waals surface area contributed by atoms with Crippen LogP contribution in [0.15, 0.2) is 24.3 Å². The van der Waals surface area contributed by atoms with Gasteiger partial charge in [-0.05, 0) is 44.0 Å². The quantitative estimate of drug-likeness (QED) is 0.803. The van der Waals surface area contributed by atoms with Crippen molar-refractivity contribution in [3.63, 3.8) is 0 Å². The summed E-state index contributed by atoms with van der Waals surface area (Å²) in [5, 5.41) is 14.6. The Labute approximate surface area is 142 Å². The predicted molar refractivity (Wildman–Crippen MR) is 90.2 cm³/mol. The molecule has 0 saturated heterocycles. The third-order valence-electron chi connectivity index (χ3n) is 3.74. The maximum atomic E-state index is 12.9. The molecule has 1 unspecified atom stereocenters. The highest BCUT2D eigenvalue weighted by Crippen LogP contribution is 2.16. The van der Waals surface area contributed by atoms with Crippen LogP contribution in [0, 0.1) is 11.7 Å². The largest absolute Gasteiger partial charge is 0.486 e. The molecule has 0 bridgehead atoms. The zero-order chi connectivity index (χ0) is 17.7. The monoisotopic (exact) mass is 335 g/mol.